The zero-order chi connectivity index (χ0) is 16.4. The molecule has 0 aliphatic carbocycles. The van der Waals surface area contributed by atoms with E-state index in [0.29, 0.717) is 11.5 Å². The van der Waals surface area contributed by atoms with Gasteiger partial charge in [-0.15, -0.1) is 11.8 Å². The normalized spacial score (nSPS) is 19.4. The van der Waals surface area contributed by atoms with Crippen molar-refractivity contribution in [2.24, 2.45) is 4.99 Å². The number of dihydropyridines is 1. The number of aliphatic imine (C=N–C) groups is 1. The van der Waals surface area contributed by atoms with Crippen LogP contribution in [0.15, 0.2) is 52.1 Å². The maximum atomic E-state index is 12.3. The number of thioether (sulfide) groups is 1. The predicted molar refractivity (Wildman–Crippen MR) is 87.5 cm³/mol. The van der Waals surface area contributed by atoms with Gasteiger partial charge >= 0.3 is 0 Å². The van der Waals surface area contributed by atoms with Gasteiger partial charge in [0.25, 0.3) is 11.8 Å². The predicted octanol–water partition coefficient (Wildman–Crippen LogP) is 1.73. The number of aliphatic hydroxyl groups is 1. The van der Waals surface area contributed by atoms with Crippen LogP contribution in [-0.4, -0.2) is 35.0 Å². The number of carbonyl (C=O) groups excluding carboxylic acids is 2. The topological polar surface area (TPSA) is 88.0 Å². The Kier molecular flexibility index (Phi) is 4.20. The Morgan fingerprint density at radius 1 is 1.48 bits per heavy atom. The van der Waals surface area contributed by atoms with E-state index in [0.717, 1.165) is 5.56 Å². The Morgan fingerprint density at radius 3 is 3.09 bits per heavy atom. The highest BCUT2D eigenvalue weighted by Crippen LogP contribution is 2.32. The van der Waals surface area contributed by atoms with Crippen molar-refractivity contribution in [2.45, 2.75) is 11.8 Å². The van der Waals surface area contributed by atoms with Crippen LogP contribution in [0, 0.1) is 0 Å². The van der Waals surface area contributed by atoms with Crippen molar-refractivity contribution in [1.29, 1.82) is 0 Å². The van der Waals surface area contributed by atoms with E-state index in [1.54, 1.807) is 36.8 Å². The fourth-order valence-electron chi connectivity index (χ4n) is 2.33. The van der Waals surface area contributed by atoms with Gasteiger partial charge < -0.3 is 15.2 Å². The van der Waals surface area contributed by atoms with Gasteiger partial charge in [0.2, 0.25) is 0 Å². The lowest BCUT2D eigenvalue weighted by atomic mass is 10.0. The number of methoxy groups -OCH3 is 1. The van der Waals surface area contributed by atoms with Crippen molar-refractivity contribution in [1.82, 2.24) is 5.32 Å². The number of carbonyl (C=O) groups is 2. The van der Waals surface area contributed by atoms with E-state index in [4.69, 9.17) is 4.74 Å². The molecule has 2 aliphatic heterocycles. The summed E-state index contributed by atoms with van der Waals surface area (Å²) in [6, 6.07) is 7.21. The highest BCUT2D eigenvalue weighted by Gasteiger charge is 2.36. The molecule has 0 aromatic heterocycles. The molecule has 2 heterocycles. The largest absolute Gasteiger partial charge is 0.510 e. The van der Waals surface area contributed by atoms with Gasteiger partial charge in [-0.2, -0.15) is 0 Å². The summed E-state index contributed by atoms with van der Waals surface area (Å²) in [5.41, 5.74) is 1.00. The monoisotopic (exact) mass is 330 g/mol. The Bertz CT molecular complexity index is 767. The summed E-state index contributed by atoms with van der Waals surface area (Å²) in [6.07, 6.45) is 1.66. The first kappa shape index (κ1) is 15.4. The van der Waals surface area contributed by atoms with Crippen LogP contribution in [0.3, 0.4) is 0 Å². The van der Waals surface area contributed by atoms with E-state index in [-0.39, 0.29) is 17.9 Å². The number of allylic oxidation sites excluding steroid dienone is 1. The Labute approximate surface area is 136 Å². The molecule has 1 unspecified atom stereocenters. The van der Waals surface area contributed by atoms with Crippen LogP contribution in [0.5, 0.6) is 5.75 Å². The molecular weight excluding hydrogens is 316 g/mol. The molecule has 1 aromatic carbocycles. The van der Waals surface area contributed by atoms with Crippen LogP contribution >= 0.6 is 11.8 Å². The fourth-order valence-corrected chi connectivity index (χ4v) is 3.22. The lowest BCUT2D eigenvalue weighted by Gasteiger charge is -2.18. The molecule has 2 amide bonds. The summed E-state index contributed by atoms with van der Waals surface area (Å²) >= 11 is 1.31. The zero-order valence-electron chi connectivity index (χ0n) is 12.3. The van der Waals surface area contributed by atoms with Crippen LogP contribution in [0.1, 0.15) is 5.56 Å². The SMILES string of the molecule is COc1cccc(CNC(=O)C2=C(O)C3SC=CC3=NC2=O)c1. The standard InChI is InChI=1S/C16H14N2O4S/c1-22-10-4-2-3-9(7-10)8-17-15(20)12-13(19)14-11(5-6-23-14)18-16(12)21/h2-7,14,19H,8H2,1H3,(H,17,20). The van der Waals surface area contributed by atoms with Crippen LogP contribution in [-0.2, 0) is 16.1 Å². The molecule has 2 N–H and O–H groups in total. The van der Waals surface area contributed by atoms with Crippen molar-refractivity contribution < 1.29 is 19.4 Å². The fraction of sp³-hybridized carbons (Fsp3) is 0.188. The number of rotatable bonds is 4. The molecule has 0 fully saturated rings. The first-order chi connectivity index (χ1) is 11.1. The third-order valence-corrected chi connectivity index (χ3v) is 4.52. The van der Waals surface area contributed by atoms with Crippen molar-refractivity contribution in [3.8, 4) is 5.75 Å². The molecule has 0 radical (unpaired) electrons. The second-order valence-electron chi connectivity index (χ2n) is 4.96. The van der Waals surface area contributed by atoms with Crippen LogP contribution in [0.2, 0.25) is 0 Å². The number of fused-ring (bicyclic) bond motifs is 1. The zero-order valence-corrected chi connectivity index (χ0v) is 13.1. The number of hydrogen-bond donors (Lipinski definition) is 2. The molecular formula is C16H14N2O4S. The van der Waals surface area contributed by atoms with Crippen molar-refractivity contribution in [2.75, 3.05) is 7.11 Å². The number of hydrogen-bond acceptors (Lipinski definition) is 5. The maximum Gasteiger partial charge on any atom is 0.286 e. The lowest BCUT2D eigenvalue weighted by Crippen LogP contribution is -2.34. The second-order valence-corrected chi connectivity index (χ2v) is 5.97. The summed E-state index contributed by atoms with van der Waals surface area (Å²) in [5, 5.41) is 14.1. The number of ether oxygens (including phenoxy) is 1. The first-order valence-electron chi connectivity index (χ1n) is 6.89. The molecule has 0 saturated heterocycles. The number of aliphatic hydroxyl groups excluding tert-OH is 1. The van der Waals surface area contributed by atoms with E-state index in [1.807, 2.05) is 6.07 Å². The number of benzene rings is 1. The van der Waals surface area contributed by atoms with Gasteiger partial charge in [-0.25, -0.2) is 4.99 Å². The summed E-state index contributed by atoms with van der Waals surface area (Å²) in [4.78, 5) is 28.1. The number of nitrogens with one attached hydrogen (secondary N) is 1. The molecule has 1 aromatic rings. The Hall–Kier alpha value is -2.54. The van der Waals surface area contributed by atoms with E-state index >= 15 is 0 Å². The molecule has 0 spiro atoms. The summed E-state index contributed by atoms with van der Waals surface area (Å²) in [5.74, 6) is -0.914. The van der Waals surface area contributed by atoms with Gasteiger partial charge in [0.05, 0.1) is 12.8 Å². The number of nitrogens with zero attached hydrogens (tertiary/aromatic N) is 1. The summed E-state index contributed by atoms with van der Waals surface area (Å²) in [7, 11) is 1.56. The van der Waals surface area contributed by atoms with Gasteiger partial charge in [-0.1, -0.05) is 12.1 Å². The molecule has 6 nitrogen and oxygen atoms in total. The minimum Gasteiger partial charge on any atom is -0.510 e. The smallest absolute Gasteiger partial charge is 0.286 e. The lowest BCUT2D eigenvalue weighted by molar-refractivity contribution is -0.122. The molecule has 3 rings (SSSR count). The third-order valence-electron chi connectivity index (χ3n) is 3.49. The van der Waals surface area contributed by atoms with E-state index in [9.17, 15) is 14.7 Å². The minimum absolute atomic E-state index is 0.215. The quantitative estimate of drug-likeness (QED) is 0.821. The molecule has 0 bridgehead atoms. The molecule has 118 valence electrons. The average molecular weight is 330 g/mol. The van der Waals surface area contributed by atoms with Gasteiger partial charge in [0, 0.05) is 6.54 Å². The second kappa shape index (κ2) is 6.29. The van der Waals surface area contributed by atoms with Crippen LogP contribution in [0.4, 0.5) is 0 Å². The first-order valence-corrected chi connectivity index (χ1v) is 7.83. The highest BCUT2D eigenvalue weighted by molar-refractivity contribution is 8.04. The van der Waals surface area contributed by atoms with Crippen molar-refractivity contribution in [3.63, 3.8) is 0 Å². The maximum absolute atomic E-state index is 12.3. The van der Waals surface area contributed by atoms with Gasteiger partial charge in [-0.3, -0.25) is 9.59 Å². The molecule has 23 heavy (non-hydrogen) atoms. The van der Waals surface area contributed by atoms with Crippen molar-refractivity contribution >= 4 is 29.3 Å². The highest BCUT2D eigenvalue weighted by atomic mass is 32.2. The molecule has 1 atom stereocenters. The average Bonchev–Trinajstić information content (AvgIpc) is 3.01. The molecule has 2 aliphatic rings. The van der Waals surface area contributed by atoms with E-state index < -0.39 is 17.1 Å². The number of amides is 2. The van der Waals surface area contributed by atoms with Crippen LogP contribution < -0.4 is 10.1 Å². The van der Waals surface area contributed by atoms with Crippen molar-refractivity contribution in [3.05, 3.63) is 52.6 Å². The summed E-state index contributed by atoms with van der Waals surface area (Å²) < 4.78 is 5.12. The molecule has 7 heteroatoms. The molecule has 0 saturated carbocycles. The third kappa shape index (κ3) is 3.00. The summed E-state index contributed by atoms with van der Waals surface area (Å²) in [6.45, 7) is 0.215. The van der Waals surface area contributed by atoms with E-state index in [1.165, 1.54) is 11.8 Å². The van der Waals surface area contributed by atoms with Gasteiger partial charge in [0.15, 0.2) is 0 Å². The van der Waals surface area contributed by atoms with E-state index in [2.05, 4.69) is 10.3 Å². The minimum atomic E-state index is -0.718. The Morgan fingerprint density at radius 2 is 2.30 bits per heavy atom. The van der Waals surface area contributed by atoms with Gasteiger partial charge in [-0.05, 0) is 29.2 Å². The van der Waals surface area contributed by atoms with Gasteiger partial charge in [0.1, 0.15) is 22.3 Å². The Balaban J connectivity index is 1.73. The van der Waals surface area contributed by atoms with Crippen LogP contribution in [0.25, 0.3) is 0 Å².